The molecule has 1 aliphatic heterocycles. The van der Waals surface area contributed by atoms with Gasteiger partial charge in [-0.3, -0.25) is 4.79 Å². The van der Waals surface area contributed by atoms with Gasteiger partial charge in [-0.2, -0.15) is 0 Å². The van der Waals surface area contributed by atoms with Crippen molar-refractivity contribution in [3.05, 3.63) is 94.1 Å². The third-order valence-corrected chi connectivity index (χ3v) is 6.04. The van der Waals surface area contributed by atoms with E-state index in [9.17, 15) is 9.59 Å². The second-order valence-electron chi connectivity index (χ2n) is 7.48. The Labute approximate surface area is 198 Å². The van der Waals surface area contributed by atoms with Crippen LogP contribution in [0.25, 0.3) is 10.8 Å². The molecule has 0 fully saturated rings. The number of hydrogen-bond donors (Lipinski definition) is 3. The highest BCUT2D eigenvalue weighted by Crippen LogP contribution is 2.44. The summed E-state index contributed by atoms with van der Waals surface area (Å²) in [5.41, 5.74) is 5.72. The van der Waals surface area contributed by atoms with Crippen molar-refractivity contribution in [3.63, 3.8) is 0 Å². The lowest BCUT2D eigenvalue weighted by Crippen LogP contribution is -2.51. The SMILES string of the molecule is NC(=O)C1(c2c(Cl)cccc2Cl)Nc2ccc(C(=O)Oc3cc4ccccc4cn3)cc2N1. The summed E-state index contributed by atoms with van der Waals surface area (Å²) in [7, 11) is 0. The van der Waals surface area contributed by atoms with Crippen LogP contribution < -0.4 is 21.1 Å². The van der Waals surface area contributed by atoms with Crippen molar-refractivity contribution in [2.75, 3.05) is 10.6 Å². The molecule has 0 aliphatic carbocycles. The highest BCUT2D eigenvalue weighted by molar-refractivity contribution is 6.37. The first-order valence-corrected chi connectivity index (χ1v) is 10.6. The molecule has 3 aromatic carbocycles. The van der Waals surface area contributed by atoms with Gasteiger partial charge in [0.25, 0.3) is 5.91 Å². The monoisotopic (exact) mass is 478 g/mol. The number of carbonyl (C=O) groups is 2. The van der Waals surface area contributed by atoms with Crippen LogP contribution >= 0.6 is 23.2 Å². The molecular weight excluding hydrogens is 463 g/mol. The van der Waals surface area contributed by atoms with Gasteiger partial charge in [-0.05, 0) is 35.7 Å². The van der Waals surface area contributed by atoms with Crippen LogP contribution in [0.1, 0.15) is 15.9 Å². The summed E-state index contributed by atoms with van der Waals surface area (Å²) in [4.78, 5) is 29.5. The molecule has 2 heterocycles. The molecule has 1 aromatic heterocycles. The van der Waals surface area contributed by atoms with Crippen LogP contribution in [0.5, 0.6) is 5.88 Å². The van der Waals surface area contributed by atoms with Crippen molar-refractivity contribution in [3.8, 4) is 5.88 Å². The van der Waals surface area contributed by atoms with E-state index in [4.69, 9.17) is 33.7 Å². The zero-order valence-corrected chi connectivity index (χ0v) is 18.4. The first-order valence-electron chi connectivity index (χ1n) is 9.89. The first kappa shape index (κ1) is 21.1. The Morgan fingerprint density at radius 1 is 0.879 bits per heavy atom. The molecule has 5 rings (SSSR count). The minimum atomic E-state index is -1.58. The van der Waals surface area contributed by atoms with Gasteiger partial charge in [0.2, 0.25) is 11.5 Å². The number of hydrogen-bond acceptors (Lipinski definition) is 6. The van der Waals surface area contributed by atoms with Gasteiger partial charge >= 0.3 is 5.97 Å². The number of ether oxygens (including phenoxy) is 1. The van der Waals surface area contributed by atoms with Crippen molar-refractivity contribution < 1.29 is 14.3 Å². The average molecular weight is 479 g/mol. The normalized spacial score (nSPS) is 16.5. The van der Waals surface area contributed by atoms with Gasteiger partial charge in [0.05, 0.1) is 27.0 Å². The number of pyridine rings is 1. The van der Waals surface area contributed by atoms with Crippen LogP contribution in [0, 0.1) is 0 Å². The number of amides is 1. The molecule has 33 heavy (non-hydrogen) atoms. The number of nitrogens with zero attached hydrogens (tertiary/aromatic N) is 1. The number of rotatable bonds is 4. The molecule has 0 spiro atoms. The van der Waals surface area contributed by atoms with Crippen LogP contribution in [0.2, 0.25) is 10.0 Å². The van der Waals surface area contributed by atoms with E-state index in [1.54, 1.807) is 48.7 Å². The summed E-state index contributed by atoms with van der Waals surface area (Å²) in [6.07, 6.45) is 1.64. The molecule has 1 atom stereocenters. The summed E-state index contributed by atoms with van der Waals surface area (Å²) in [6, 6.07) is 19.0. The van der Waals surface area contributed by atoms with Gasteiger partial charge in [-0.25, -0.2) is 9.78 Å². The predicted molar refractivity (Wildman–Crippen MR) is 128 cm³/mol. The van der Waals surface area contributed by atoms with E-state index < -0.39 is 17.5 Å². The van der Waals surface area contributed by atoms with Gasteiger partial charge in [0.1, 0.15) is 0 Å². The van der Waals surface area contributed by atoms with Gasteiger partial charge in [0.15, 0.2) is 0 Å². The number of halogens is 2. The minimum absolute atomic E-state index is 0.180. The predicted octanol–water partition coefficient (Wildman–Crippen LogP) is 4.94. The molecule has 4 aromatic rings. The lowest BCUT2D eigenvalue weighted by Gasteiger charge is -2.29. The second-order valence-corrected chi connectivity index (χ2v) is 8.29. The van der Waals surface area contributed by atoms with E-state index in [1.807, 2.05) is 24.3 Å². The molecule has 0 saturated carbocycles. The van der Waals surface area contributed by atoms with E-state index in [2.05, 4.69) is 15.6 Å². The quantitative estimate of drug-likeness (QED) is 0.358. The van der Waals surface area contributed by atoms with Crippen molar-refractivity contribution >= 4 is 57.2 Å². The van der Waals surface area contributed by atoms with E-state index in [0.29, 0.717) is 16.9 Å². The number of nitrogens with two attached hydrogens (primary N) is 1. The fourth-order valence-corrected chi connectivity index (χ4v) is 4.50. The Bertz CT molecular complexity index is 1420. The van der Waals surface area contributed by atoms with Gasteiger partial charge in [0, 0.05) is 23.2 Å². The van der Waals surface area contributed by atoms with Crippen molar-refractivity contribution in [1.29, 1.82) is 0 Å². The molecule has 9 heteroatoms. The highest BCUT2D eigenvalue weighted by Gasteiger charge is 2.46. The molecule has 1 aliphatic rings. The highest BCUT2D eigenvalue weighted by atomic mass is 35.5. The van der Waals surface area contributed by atoms with Crippen LogP contribution in [0.15, 0.2) is 72.9 Å². The van der Waals surface area contributed by atoms with E-state index in [0.717, 1.165) is 10.8 Å². The van der Waals surface area contributed by atoms with Gasteiger partial charge < -0.3 is 21.1 Å². The standard InChI is InChI=1S/C24H16Cl2N4O3/c25-16-6-3-7-17(26)21(16)24(23(27)32)29-18-9-8-14(10-19(18)30-24)22(31)33-20-11-13-4-1-2-5-15(13)12-28-20/h1-12,29-30H,(H2,27,32). The van der Waals surface area contributed by atoms with Gasteiger partial charge in [-0.15, -0.1) is 0 Å². The van der Waals surface area contributed by atoms with Crippen LogP contribution in [0.3, 0.4) is 0 Å². The molecule has 0 radical (unpaired) electrons. The Morgan fingerprint density at radius 2 is 1.58 bits per heavy atom. The Balaban J connectivity index is 1.45. The first-order chi connectivity index (χ1) is 15.9. The minimum Gasteiger partial charge on any atom is -0.404 e. The summed E-state index contributed by atoms with van der Waals surface area (Å²) >= 11 is 12.7. The zero-order valence-electron chi connectivity index (χ0n) is 16.9. The summed E-state index contributed by atoms with van der Waals surface area (Å²) in [5.74, 6) is -1.16. The zero-order chi connectivity index (χ0) is 23.2. The largest absolute Gasteiger partial charge is 0.404 e. The Morgan fingerprint density at radius 3 is 2.30 bits per heavy atom. The summed E-state index contributed by atoms with van der Waals surface area (Å²) in [5, 5.41) is 8.47. The van der Waals surface area contributed by atoms with Crippen LogP contribution in [-0.2, 0) is 10.5 Å². The number of esters is 1. The summed E-state index contributed by atoms with van der Waals surface area (Å²) in [6.45, 7) is 0. The van der Waals surface area contributed by atoms with Crippen molar-refractivity contribution in [2.45, 2.75) is 5.66 Å². The second kappa shape index (κ2) is 7.95. The van der Waals surface area contributed by atoms with Crippen LogP contribution in [0.4, 0.5) is 11.4 Å². The lowest BCUT2D eigenvalue weighted by molar-refractivity contribution is -0.121. The van der Waals surface area contributed by atoms with E-state index in [-0.39, 0.29) is 21.5 Å². The number of nitrogens with one attached hydrogen (secondary N) is 2. The lowest BCUT2D eigenvalue weighted by atomic mass is 9.99. The van der Waals surface area contributed by atoms with E-state index >= 15 is 0 Å². The third-order valence-electron chi connectivity index (χ3n) is 5.41. The fourth-order valence-electron chi connectivity index (χ4n) is 3.82. The fraction of sp³-hybridized carbons (Fsp3) is 0.0417. The molecule has 0 bridgehead atoms. The number of benzene rings is 3. The molecular formula is C24H16Cl2N4O3. The maximum Gasteiger partial charge on any atom is 0.344 e. The molecule has 4 N–H and O–H groups in total. The molecule has 164 valence electrons. The molecule has 1 amide bonds. The average Bonchev–Trinajstić information content (AvgIpc) is 3.18. The van der Waals surface area contributed by atoms with Crippen LogP contribution in [-0.4, -0.2) is 16.9 Å². The topological polar surface area (TPSA) is 106 Å². The number of aromatic nitrogens is 1. The third kappa shape index (κ3) is 3.61. The van der Waals surface area contributed by atoms with Crippen molar-refractivity contribution in [2.24, 2.45) is 5.73 Å². The maximum atomic E-state index is 12.8. The smallest absolute Gasteiger partial charge is 0.344 e. The van der Waals surface area contributed by atoms with E-state index in [1.165, 1.54) is 0 Å². The molecule has 0 saturated heterocycles. The molecule has 1 unspecified atom stereocenters. The number of anilines is 2. The van der Waals surface area contributed by atoms with Gasteiger partial charge in [-0.1, -0.05) is 53.5 Å². The number of carbonyl (C=O) groups excluding carboxylic acids is 2. The number of fused-ring (bicyclic) bond motifs is 2. The number of primary amides is 1. The maximum absolute atomic E-state index is 12.8. The Kier molecular flexibility index (Phi) is 5.08. The molecule has 7 nitrogen and oxygen atoms in total. The Hall–Kier alpha value is -3.81. The van der Waals surface area contributed by atoms with Crippen molar-refractivity contribution in [1.82, 2.24) is 4.98 Å². The summed E-state index contributed by atoms with van der Waals surface area (Å²) < 4.78 is 5.46.